The summed E-state index contributed by atoms with van der Waals surface area (Å²) in [4.78, 5) is 5.06. The number of hydrogen-bond acceptors (Lipinski definition) is 2. The molecule has 2 nitrogen and oxygen atoms in total. The van der Waals surface area contributed by atoms with Gasteiger partial charge >= 0.3 is 0 Å². The maximum Gasteiger partial charge on any atom is 0.132 e. The lowest BCUT2D eigenvalue weighted by atomic mass is 9.95. The molecule has 1 saturated heterocycles. The number of anilines is 2. The molecule has 0 bridgehead atoms. The maximum atomic E-state index is 2.53. The zero-order valence-corrected chi connectivity index (χ0v) is 17.4. The highest BCUT2D eigenvalue weighted by Gasteiger charge is 2.47. The molecule has 1 heterocycles. The lowest BCUT2D eigenvalue weighted by molar-refractivity contribution is 0.354. The third kappa shape index (κ3) is 3.25. The van der Waals surface area contributed by atoms with Gasteiger partial charge in [0, 0.05) is 11.4 Å². The van der Waals surface area contributed by atoms with Crippen molar-refractivity contribution in [1.82, 2.24) is 0 Å². The molecule has 1 fully saturated rings. The van der Waals surface area contributed by atoms with Crippen molar-refractivity contribution in [2.75, 3.05) is 9.80 Å². The third-order valence-electron chi connectivity index (χ3n) is 5.91. The molecule has 5 rings (SSSR count). The standard InChI is InChI=1S/C28H26N2/c1-21-13-17-25(18-14-21)29-27(23-9-5-3-6-10-23)30(26-19-15-22(2)16-20-26)28(29)24-11-7-4-8-12-24/h3-20,27-28H,1-2H3. The van der Waals surface area contributed by atoms with Crippen molar-refractivity contribution in [3.8, 4) is 0 Å². The van der Waals surface area contributed by atoms with Crippen LogP contribution in [0.1, 0.15) is 34.6 Å². The van der Waals surface area contributed by atoms with Crippen LogP contribution in [0.15, 0.2) is 109 Å². The number of benzene rings is 4. The van der Waals surface area contributed by atoms with Gasteiger partial charge in [0.05, 0.1) is 0 Å². The van der Waals surface area contributed by atoms with Gasteiger partial charge in [-0.05, 0) is 49.2 Å². The number of aryl methyl sites for hydroxylation is 2. The molecule has 0 saturated carbocycles. The predicted octanol–water partition coefficient (Wildman–Crippen LogP) is 7.03. The van der Waals surface area contributed by atoms with Crippen molar-refractivity contribution in [3.05, 3.63) is 131 Å². The first-order valence-corrected chi connectivity index (χ1v) is 10.5. The van der Waals surface area contributed by atoms with Crippen LogP contribution in [0.3, 0.4) is 0 Å². The van der Waals surface area contributed by atoms with Crippen molar-refractivity contribution in [2.24, 2.45) is 0 Å². The Kier molecular flexibility index (Phi) is 4.76. The van der Waals surface area contributed by atoms with Gasteiger partial charge in [-0.1, -0.05) is 96.1 Å². The second-order valence-electron chi connectivity index (χ2n) is 8.05. The Balaban J connectivity index is 1.67. The summed E-state index contributed by atoms with van der Waals surface area (Å²) in [5.74, 6) is 0. The van der Waals surface area contributed by atoms with Crippen LogP contribution in [0.2, 0.25) is 0 Å². The summed E-state index contributed by atoms with van der Waals surface area (Å²) >= 11 is 0. The molecule has 1 aliphatic rings. The molecule has 0 radical (unpaired) electrons. The van der Waals surface area contributed by atoms with Crippen molar-refractivity contribution in [1.29, 1.82) is 0 Å². The van der Waals surface area contributed by atoms with Gasteiger partial charge in [0.15, 0.2) is 0 Å². The van der Waals surface area contributed by atoms with Gasteiger partial charge in [-0.2, -0.15) is 0 Å². The van der Waals surface area contributed by atoms with Crippen LogP contribution in [-0.2, 0) is 0 Å². The summed E-state index contributed by atoms with van der Waals surface area (Å²) in [7, 11) is 0. The molecule has 4 aromatic carbocycles. The van der Waals surface area contributed by atoms with E-state index in [0.29, 0.717) is 0 Å². The van der Waals surface area contributed by atoms with Crippen LogP contribution in [0.4, 0.5) is 11.4 Å². The lowest BCUT2D eigenvalue weighted by Crippen LogP contribution is -2.60. The SMILES string of the molecule is Cc1ccc(N2C(c3ccccc3)N(c3ccc(C)cc3)C2c2ccccc2)cc1. The monoisotopic (exact) mass is 390 g/mol. The molecule has 30 heavy (non-hydrogen) atoms. The normalized spacial score (nSPS) is 18.2. The number of hydrogen-bond donors (Lipinski definition) is 0. The Bertz CT molecular complexity index is 1000. The van der Waals surface area contributed by atoms with Crippen LogP contribution < -0.4 is 9.80 Å². The second-order valence-corrected chi connectivity index (χ2v) is 8.05. The highest BCUT2D eigenvalue weighted by atomic mass is 15.6. The van der Waals surface area contributed by atoms with E-state index in [0.717, 1.165) is 0 Å². The molecule has 0 aromatic heterocycles. The van der Waals surface area contributed by atoms with E-state index in [4.69, 9.17) is 0 Å². The van der Waals surface area contributed by atoms with Crippen molar-refractivity contribution in [3.63, 3.8) is 0 Å². The van der Waals surface area contributed by atoms with Crippen molar-refractivity contribution in [2.45, 2.75) is 26.2 Å². The molecule has 0 amide bonds. The summed E-state index contributed by atoms with van der Waals surface area (Å²) in [6, 6.07) is 39.4. The van der Waals surface area contributed by atoms with E-state index < -0.39 is 0 Å². The predicted molar refractivity (Wildman–Crippen MR) is 126 cm³/mol. The summed E-state index contributed by atoms with van der Waals surface area (Å²) in [5.41, 5.74) is 7.64. The molecule has 0 N–H and O–H groups in total. The summed E-state index contributed by atoms with van der Waals surface area (Å²) < 4.78 is 0. The van der Waals surface area contributed by atoms with Gasteiger partial charge in [-0.25, -0.2) is 0 Å². The Morgan fingerprint density at radius 2 is 0.767 bits per heavy atom. The van der Waals surface area contributed by atoms with Crippen LogP contribution in [-0.4, -0.2) is 0 Å². The topological polar surface area (TPSA) is 6.48 Å². The maximum absolute atomic E-state index is 2.53. The van der Waals surface area contributed by atoms with E-state index >= 15 is 0 Å². The van der Waals surface area contributed by atoms with Crippen LogP contribution in [0.25, 0.3) is 0 Å². The van der Waals surface area contributed by atoms with E-state index in [1.54, 1.807) is 0 Å². The molecule has 148 valence electrons. The Labute approximate surface area is 179 Å². The highest BCUT2D eigenvalue weighted by molar-refractivity contribution is 5.67. The second kappa shape index (κ2) is 7.72. The van der Waals surface area contributed by atoms with E-state index in [9.17, 15) is 0 Å². The quantitative estimate of drug-likeness (QED) is 0.369. The van der Waals surface area contributed by atoms with E-state index in [-0.39, 0.29) is 12.3 Å². The highest BCUT2D eigenvalue weighted by Crippen LogP contribution is 2.52. The minimum absolute atomic E-state index is 0.141. The van der Waals surface area contributed by atoms with Gasteiger partial charge in [-0.3, -0.25) is 0 Å². The van der Waals surface area contributed by atoms with Crippen LogP contribution in [0, 0.1) is 13.8 Å². The minimum Gasteiger partial charge on any atom is -0.322 e. The van der Waals surface area contributed by atoms with Gasteiger partial charge < -0.3 is 9.80 Å². The number of nitrogens with zero attached hydrogens (tertiary/aromatic N) is 2. The van der Waals surface area contributed by atoms with Crippen LogP contribution in [0.5, 0.6) is 0 Å². The Morgan fingerprint density at radius 1 is 0.433 bits per heavy atom. The first-order valence-electron chi connectivity index (χ1n) is 10.5. The average molecular weight is 391 g/mol. The summed E-state index contributed by atoms with van der Waals surface area (Å²) in [5, 5.41) is 0. The van der Waals surface area contributed by atoms with E-state index in [2.05, 4.69) is 133 Å². The zero-order valence-electron chi connectivity index (χ0n) is 17.4. The number of rotatable bonds is 4. The molecular formula is C28H26N2. The fourth-order valence-corrected chi connectivity index (χ4v) is 4.36. The third-order valence-corrected chi connectivity index (χ3v) is 5.91. The minimum atomic E-state index is 0.141. The zero-order chi connectivity index (χ0) is 20.5. The summed E-state index contributed by atoms with van der Waals surface area (Å²) in [6.07, 6.45) is 0.281. The van der Waals surface area contributed by atoms with E-state index in [1.165, 1.54) is 33.6 Å². The fourth-order valence-electron chi connectivity index (χ4n) is 4.36. The molecule has 0 atom stereocenters. The smallest absolute Gasteiger partial charge is 0.132 e. The first kappa shape index (κ1) is 18.5. The first-order chi connectivity index (χ1) is 14.7. The molecular weight excluding hydrogens is 364 g/mol. The molecule has 0 unspecified atom stereocenters. The largest absolute Gasteiger partial charge is 0.322 e. The van der Waals surface area contributed by atoms with Gasteiger partial charge in [0.25, 0.3) is 0 Å². The molecule has 0 aliphatic carbocycles. The van der Waals surface area contributed by atoms with Crippen molar-refractivity contribution < 1.29 is 0 Å². The van der Waals surface area contributed by atoms with Gasteiger partial charge in [0.2, 0.25) is 0 Å². The van der Waals surface area contributed by atoms with Gasteiger partial charge in [-0.15, -0.1) is 0 Å². The average Bonchev–Trinajstić information content (AvgIpc) is 2.77. The Morgan fingerprint density at radius 3 is 1.10 bits per heavy atom. The molecule has 0 spiro atoms. The van der Waals surface area contributed by atoms with Gasteiger partial charge in [0.1, 0.15) is 12.3 Å². The lowest BCUT2D eigenvalue weighted by Gasteiger charge is -2.60. The van der Waals surface area contributed by atoms with Crippen LogP contribution >= 0.6 is 0 Å². The molecule has 2 heteroatoms. The molecule has 4 aromatic rings. The summed E-state index contributed by atoms with van der Waals surface area (Å²) in [6.45, 7) is 4.28. The van der Waals surface area contributed by atoms with E-state index in [1.807, 2.05) is 0 Å². The molecule has 1 aliphatic heterocycles. The fraction of sp³-hybridized carbons (Fsp3) is 0.143. The van der Waals surface area contributed by atoms with Crippen molar-refractivity contribution >= 4 is 11.4 Å². The Hall–Kier alpha value is -3.52.